The monoisotopic (exact) mass is 434 g/mol. The molecule has 0 radical (unpaired) electrons. The second kappa shape index (κ2) is 11.7. The van der Waals surface area contributed by atoms with Gasteiger partial charge in [-0.05, 0) is 46.9 Å². The van der Waals surface area contributed by atoms with Crippen LogP contribution < -0.4 is 9.47 Å². The largest absolute Gasteiger partial charge is 0.491 e. The van der Waals surface area contributed by atoms with Crippen LogP contribution in [0.3, 0.4) is 0 Å². The fourth-order valence-electron chi connectivity index (χ4n) is 4.76. The van der Waals surface area contributed by atoms with Gasteiger partial charge in [0.05, 0.1) is 13.2 Å². The molecule has 170 valence electrons. The Labute approximate surface area is 191 Å². The van der Waals surface area contributed by atoms with Crippen molar-refractivity contribution in [3.63, 3.8) is 0 Å². The minimum Gasteiger partial charge on any atom is -0.491 e. The molecule has 0 atom stereocenters. The summed E-state index contributed by atoms with van der Waals surface area (Å²) in [5, 5.41) is 18.1. The van der Waals surface area contributed by atoms with Crippen LogP contribution in [0.5, 0.6) is 11.5 Å². The number of aliphatic hydroxyl groups is 2. The lowest BCUT2D eigenvalue weighted by Crippen LogP contribution is -2.37. The van der Waals surface area contributed by atoms with E-state index in [1.807, 2.05) is 24.3 Å². The first-order valence-corrected chi connectivity index (χ1v) is 11.4. The lowest BCUT2D eigenvalue weighted by Gasteiger charge is -2.42. The van der Waals surface area contributed by atoms with Crippen molar-refractivity contribution in [1.82, 2.24) is 0 Å². The van der Waals surface area contributed by atoms with Gasteiger partial charge in [-0.15, -0.1) is 0 Å². The van der Waals surface area contributed by atoms with E-state index in [9.17, 15) is 0 Å². The SMILES string of the molecule is CCC(CC)C(c1ccccc1)(c1ccc(OCCO)cc1)c1ccc(OCCO)cc1. The third kappa shape index (κ3) is 4.98. The Balaban J connectivity index is 2.18. The Bertz CT molecular complexity index is 864. The maximum atomic E-state index is 9.07. The first-order chi connectivity index (χ1) is 15.7. The summed E-state index contributed by atoms with van der Waals surface area (Å²) >= 11 is 0. The van der Waals surface area contributed by atoms with Crippen molar-refractivity contribution in [2.75, 3.05) is 26.4 Å². The Morgan fingerprint density at radius 1 is 0.625 bits per heavy atom. The number of ether oxygens (including phenoxy) is 2. The van der Waals surface area contributed by atoms with Crippen LogP contribution in [-0.2, 0) is 5.41 Å². The van der Waals surface area contributed by atoms with Gasteiger partial charge < -0.3 is 19.7 Å². The van der Waals surface area contributed by atoms with E-state index in [-0.39, 0.29) is 31.8 Å². The van der Waals surface area contributed by atoms with Crippen molar-refractivity contribution in [1.29, 1.82) is 0 Å². The summed E-state index contributed by atoms with van der Waals surface area (Å²) in [6.07, 6.45) is 2.05. The number of hydrogen-bond donors (Lipinski definition) is 2. The molecule has 0 saturated heterocycles. The summed E-state index contributed by atoms with van der Waals surface area (Å²) in [7, 11) is 0. The molecule has 0 heterocycles. The highest BCUT2D eigenvalue weighted by molar-refractivity contribution is 5.53. The highest BCUT2D eigenvalue weighted by Crippen LogP contribution is 2.48. The molecule has 0 aliphatic carbocycles. The van der Waals surface area contributed by atoms with Crippen LogP contribution >= 0.6 is 0 Å². The zero-order valence-electron chi connectivity index (χ0n) is 19.0. The Morgan fingerprint density at radius 3 is 1.41 bits per heavy atom. The van der Waals surface area contributed by atoms with E-state index in [1.165, 1.54) is 16.7 Å². The van der Waals surface area contributed by atoms with Gasteiger partial charge in [-0.3, -0.25) is 0 Å². The van der Waals surface area contributed by atoms with Crippen molar-refractivity contribution >= 4 is 0 Å². The van der Waals surface area contributed by atoms with Crippen molar-refractivity contribution in [3.05, 3.63) is 95.6 Å². The average Bonchev–Trinajstić information content (AvgIpc) is 2.86. The number of rotatable bonds is 12. The van der Waals surface area contributed by atoms with Gasteiger partial charge >= 0.3 is 0 Å². The van der Waals surface area contributed by atoms with E-state index < -0.39 is 0 Å². The molecule has 3 aromatic rings. The third-order valence-electron chi connectivity index (χ3n) is 6.17. The molecule has 4 heteroatoms. The molecule has 0 aromatic heterocycles. The zero-order valence-corrected chi connectivity index (χ0v) is 19.0. The van der Waals surface area contributed by atoms with Crippen LogP contribution in [0, 0.1) is 5.92 Å². The number of benzene rings is 3. The first kappa shape index (κ1) is 23.8. The maximum absolute atomic E-state index is 9.07. The molecule has 0 bridgehead atoms. The molecule has 32 heavy (non-hydrogen) atoms. The second-order valence-electron chi connectivity index (χ2n) is 7.88. The summed E-state index contributed by atoms with van der Waals surface area (Å²) in [6.45, 7) is 5.06. The molecule has 0 aliphatic heterocycles. The van der Waals surface area contributed by atoms with Crippen LogP contribution in [0.25, 0.3) is 0 Å². The van der Waals surface area contributed by atoms with Gasteiger partial charge in [-0.2, -0.15) is 0 Å². The van der Waals surface area contributed by atoms with Gasteiger partial charge in [0.15, 0.2) is 0 Å². The van der Waals surface area contributed by atoms with E-state index in [0.717, 1.165) is 24.3 Å². The fourth-order valence-corrected chi connectivity index (χ4v) is 4.76. The van der Waals surface area contributed by atoms with Crippen LogP contribution in [0.2, 0.25) is 0 Å². The summed E-state index contributed by atoms with van der Waals surface area (Å²) in [4.78, 5) is 0. The molecule has 3 aromatic carbocycles. The normalized spacial score (nSPS) is 11.5. The molecule has 0 amide bonds. The smallest absolute Gasteiger partial charge is 0.119 e. The van der Waals surface area contributed by atoms with Crippen LogP contribution in [0.4, 0.5) is 0 Å². The molecule has 0 saturated carbocycles. The molecular weight excluding hydrogens is 400 g/mol. The Hall–Kier alpha value is -2.82. The van der Waals surface area contributed by atoms with Crippen LogP contribution in [-0.4, -0.2) is 36.6 Å². The minimum atomic E-state index is -0.338. The number of aliphatic hydroxyl groups excluding tert-OH is 2. The first-order valence-electron chi connectivity index (χ1n) is 11.4. The van der Waals surface area contributed by atoms with E-state index in [1.54, 1.807) is 0 Å². The van der Waals surface area contributed by atoms with Crippen molar-refractivity contribution < 1.29 is 19.7 Å². The zero-order chi connectivity index (χ0) is 22.8. The van der Waals surface area contributed by atoms with Crippen LogP contribution in [0.1, 0.15) is 43.4 Å². The van der Waals surface area contributed by atoms with E-state index in [0.29, 0.717) is 5.92 Å². The lowest BCUT2D eigenvalue weighted by atomic mass is 9.60. The highest BCUT2D eigenvalue weighted by atomic mass is 16.5. The van der Waals surface area contributed by atoms with E-state index in [4.69, 9.17) is 19.7 Å². The second-order valence-corrected chi connectivity index (χ2v) is 7.88. The van der Waals surface area contributed by atoms with Gasteiger partial charge in [-0.1, -0.05) is 81.3 Å². The van der Waals surface area contributed by atoms with E-state index >= 15 is 0 Å². The predicted octanol–water partition coefficient (Wildman–Crippen LogP) is 5.20. The summed E-state index contributed by atoms with van der Waals surface area (Å²) in [6, 6.07) is 27.2. The molecule has 0 aliphatic rings. The molecular formula is C28H34O4. The Morgan fingerprint density at radius 2 is 1.03 bits per heavy atom. The van der Waals surface area contributed by atoms with Gasteiger partial charge in [0.2, 0.25) is 0 Å². The maximum Gasteiger partial charge on any atom is 0.119 e. The van der Waals surface area contributed by atoms with Gasteiger partial charge in [0.1, 0.15) is 24.7 Å². The average molecular weight is 435 g/mol. The third-order valence-corrected chi connectivity index (χ3v) is 6.17. The highest BCUT2D eigenvalue weighted by Gasteiger charge is 2.42. The van der Waals surface area contributed by atoms with Gasteiger partial charge in [-0.25, -0.2) is 0 Å². The fraction of sp³-hybridized carbons (Fsp3) is 0.357. The molecule has 3 rings (SSSR count). The molecule has 0 fully saturated rings. The van der Waals surface area contributed by atoms with Crippen LogP contribution in [0.15, 0.2) is 78.9 Å². The Kier molecular flexibility index (Phi) is 8.72. The van der Waals surface area contributed by atoms with E-state index in [2.05, 4.69) is 68.4 Å². The number of hydrogen-bond acceptors (Lipinski definition) is 4. The summed E-state index contributed by atoms with van der Waals surface area (Å²) < 4.78 is 11.2. The van der Waals surface area contributed by atoms with Gasteiger partial charge in [0.25, 0.3) is 0 Å². The quantitative estimate of drug-likeness (QED) is 0.385. The minimum absolute atomic E-state index is 0.00580. The molecule has 0 spiro atoms. The predicted molar refractivity (Wildman–Crippen MR) is 128 cm³/mol. The van der Waals surface area contributed by atoms with Crippen molar-refractivity contribution in [3.8, 4) is 11.5 Å². The summed E-state index contributed by atoms with van der Waals surface area (Å²) in [5.74, 6) is 1.88. The standard InChI is InChI=1S/C28H34O4/c1-3-22(4-2)28(23-8-6-5-7-9-23,24-10-14-26(15-11-24)31-20-18-29)25-12-16-27(17-13-25)32-21-19-30/h5-17,22,29-30H,3-4,18-21H2,1-2H3. The molecule has 2 N–H and O–H groups in total. The molecule has 4 nitrogen and oxygen atoms in total. The van der Waals surface area contributed by atoms with Crippen molar-refractivity contribution in [2.45, 2.75) is 32.1 Å². The lowest BCUT2D eigenvalue weighted by molar-refractivity contribution is 0.201. The van der Waals surface area contributed by atoms with Gasteiger partial charge in [0, 0.05) is 5.41 Å². The topological polar surface area (TPSA) is 58.9 Å². The van der Waals surface area contributed by atoms with Crippen molar-refractivity contribution in [2.24, 2.45) is 5.92 Å². The summed E-state index contributed by atoms with van der Waals surface area (Å²) in [5.41, 5.74) is 3.33. The molecule has 0 unspecified atom stereocenters.